The normalized spacial score (nSPS) is 12.3. The van der Waals surface area contributed by atoms with Gasteiger partial charge in [0.05, 0.1) is 6.61 Å². The van der Waals surface area contributed by atoms with Crippen LogP contribution in [0.25, 0.3) is 0 Å². The van der Waals surface area contributed by atoms with Crippen molar-refractivity contribution >= 4 is 10.4 Å². The van der Waals surface area contributed by atoms with E-state index in [4.69, 9.17) is 0 Å². The van der Waals surface area contributed by atoms with E-state index in [9.17, 15) is 21.6 Å². The monoisotopic (exact) mass is 202 g/mol. The summed E-state index contributed by atoms with van der Waals surface area (Å²) in [6, 6.07) is 0. The molecule has 0 unspecified atom stereocenters. The first kappa shape index (κ1) is 14.8. The van der Waals surface area contributed by atoms with Crippen molar-refractivity contribution in [2.45, 2.75) is 13.3 Å². The van der Waals surface area contributed by atoms with Crippen molar-refractivity contribution in [2.24, 2.45) is 0 Å². The van der Waals surface area contributed by atoms with Crippen molar-refractivity contribution in [3.63, 3.8) is 0 Å². The van der Waals surface area contributed by atoms with E-state index in [1.807, 2.05) is 0 Å². The second kappa shape index (κ2) is 5.09. The van der Waals surface area contributed by atoms with Gasteiger partial charge in [-0.2, -0.15) is 8.42 Å². The summed E-state index contributed by atoms with van der Waals surface area (Å²) in [5.41, 5.74) is 0. The Morgan fingerprint density at radius 2 is 1.83 bits per heavy atom. The van der Waals surface area contributed by atoms with Crippen LogP contribution in [0.1, 0.15) is 8.35 Å². The molecule has 0 rings (SSSR count). The van der Waals surface area contributed by atoms with Crippen LogP contribution in [-0.4, -0.2) is 21.4 Å². The average molecular weight is 202 g/mol. The Bertz CT molecular complexity index is 215. The SMILES string of the molecule is CCOS(=O)(=O)OC(F)(F)F.[H-].[Li+]. The summed E-state index contributed by atoms with van der Waals surface area (Å²) in [6.45, 7) is 0.815. The first-order valence-corrected chi connectivity index (χ1v) is 3.77. The minimum absolute atomic E-state index is 0. The third-order valence-electron chi connectivity index (χ3n) is 0.459. The Balaban J connectivity index is -0.000000500. The van der Waals surface area contributed by atoms with E-state index >= 15 is 0 Å². The Morgan fingerprint density at radius 3 is 2.08 bits per heavy atom. The Hall–Kier alpha value is 0.257. The third kappa shape index (κ3) is 8.35. The molecule has 12 heavy (non-hydrogen) atoms. The van der Waals surface area contributed by atoms with Crippen molar-refractivity contribution in [3.05, 3.63) is 0 Å². The molecule has 70 valence electrons. The second-order valence-electron chi connectivity index (χ2n) is 1.34. The van der Waals surface area contributed by atoms with Crippen molar-refractivity contribution in [1.82, 2.24) is 0 Å². The predicted molar refractivity (Wildman–Crippen MR) is 28.8 cm³/mol. The van der Waals surface area contributed by atoms with E-state index < -0.39 is 23.4 Å². The molecule has 0 aromatic carbocycles. The van der Waals surface area contributed by atoms with Crippen molar-refractivity contribution in [1.29, 1.82) is 0 Å². The topological polar surface area (TPSA) is 52.6 Å². The summed E-state index contributed by atoms with van der Waals surface area (Å²) < 4.78 is 60.0. The molecule has 0 aliphatic carbocycles. The fourth-order valence-corrected chi connectivity index (χ4v) is 0.852. The summed E-state index contributed by atoms with van der Waals surface area (Å²) in [4.78, 5) is 0. The smallest absolute Gasteiger partial charge is 1.00 e. The molecule has 0 amide bonds. The van der Waals surface area contributed by atoms with Gasteiger partial charge in [-0.05, 0) is 6.92 Å². The van der Waals surface area contributed by atoms with Crippen molar-refractivity contribution in [2.75, 3.05) is 6.61 Å². The molecule has 0 aromatic heterocycles. The van der Waals surface area contributed by atoms with Gasteiger partial charge in [0.2, 0.25) is 0 Å². The Morgan fingerprint density at radius 1 is 1.42 bits per heavy atom. The molecule has 4 nitrogen and oxygen atoms in total. The van der Waals surface area contributed by atoms with E-state index in [1.54, 1.807) is 0 Å². The van der Waals surface area contributed by atoms with Gasteiger partial charge in [0.15, 0.2) is 0 Å². The minimum Gasteiger partial charge on any atom is -1.00 e. The number of rotatable bonds is 3. The van der Waals surface area contributed by atoms with Crippen LogP contribution in [0.15, 0.2) is 0 Å². The van der Waals surface area contributed by atoms with Crippen LogP contribution in [0.5, 0.6) is 0 Å². The summed E-state index contributed by atoms with van der Waals surface area (Å²) in [5, 5.41) is 0. The number of hydrogen-bond acceptors (Lipinski definition) is 4. The van der Waals surface area contributed by atoms with Crippen molar-refractivity contribution < 1.29 is 50.2 Å². The van der Waals surface area contributed by atoms with E-state index in [0.29, 0.717) is 0 Å². The molecule has 0 bridgehead atoms. The fraction of sp³-hybridized carbons (Fsp3) is 1.00. The zero-order valence-corrected chi connectivity index (χ0v) is 7.20. The van der Waals surface area contributed by atoms with Crippen LogP contribution < -0.4 is 18.9 Å². The predicted octanol–water partition coefficient (Wildman–Crippen LogP) is -2.08. The molecule has 0 aromatic rings. The maximum absolute atomic E-state index is 11.2. The molecule has 9 heteroatoms. The van der Waals surface area contributed by atoms with Gasteiger partial charge in [0.25, 0.3) is 0 Å². The standard InChI is InChI=1S/C3H5F3O4S.Li.H/c1-2-9-11(7,8)10-3(4,5)6;;/h2H2,1H3;;/q;+1;-1. The van der Waals surface area contributed by atoms with Crippen LogP contribution in [0.4, 0.5) is 13.2 Å². The summed E-state index contributed by atoms with van der Waals surface area (Å²) in [7, 11) is -4.91. The average Bonchev–Trinajstić information content (AvgIpc) is 1.55. The maximum atomic E-state index is 11.2. The van der Waals surface area contributed by atoms with E-state index in [2.05, 4.69) is 8.37 Å². The first-order valence-electron chi connectivity index (χ1n) is 2.43. The molecule has 0 radical (unpaired) electrons. The van der Waals surface area contributed by atoms with Gasteiger partial charge in [0, 0.05) is 0 Å². The number of halogens is 3. The van der Waals surface area contributed by atoms with Crippen LogP contribution in [0.2, 0.25) is 0 Å². The van der Waals surface area contributed by atoms with E-state index in [1.165, 1.54) is 6.92 Å². The van der Waals surface area contributed by atoms with Gasteiger partial charge in [-0.15, -0.1) is 17.4 Å². The molecule has 0 saturated heterocycles. The van der Waals surface area contributed by atoms with Gasteiger partial charge in [-0.1, -0.05) is 0 Å². The Kier molecular flexibility index (Phi) is 6.26. The molecular formula is C3H6F3LiO4S. The van der Waals surface area contributed by atoms with Gasteiger partial charge in [0.1, 0.15) is 0 Å². The zero-order chi connectivity index (χ0) is 9.12. The minimum atomic E-state index is -5.23. The number of alkyl halides is 3. The maximum Gasteiger partial charge on any atom is 1.00 e. The molecule has 0 N–H and O–H groups in total. The Labute approximate surface area is 81.0 Å². The molecule has 0 heterocycles. The van der Waals surface area contributed by atoms with E-state index in [0.717, 1.165) is 0 Å². The fourth-order valence-electron chi connectivity index (χ4n) is 0.284. The largest absolute Gasteiger partial charge is 1.00 e. The molecule has 0 aliphatic heterocycles. The van der Waals surface area contributed by atoms with Crippen molar-refractivity contribution in [3.8, 4) is 0 Å². The van der Waals surface area contributed by atoms with Gasteiger partial charge >= 0.3 is 35.6 Å². The van der Waals surface area contributed by atoms with Crippen LogP contribution >= 0.6 is 0 Å². The first-order chi connectivity index (χ1) is 4.77. The third-order valence-corrected chi connectivity index (χ3v) is 1.38. The molecular weight excluding hydrogens is 196 g/mol. The number of hydrogen-bond donors (Lipinski definition) is 0. The summed E-state index contributed by atoms with van der Waals surface area (Å²) in [6.07, 6.45) is -5.23. The molecule has 0 spiro atoms. The molecule has 0 atom stereocenters. The molecule has 0 aliphatic rings. The van der Waals surface area contributed by atoms with Crippen LogP contribution in [0.3, 0.4) is 0 Å². The van der Waals surface area contributed by atoms with Gasteiger partial charge in [-0.25, -0.2) is 4.18 Å². The molecule has 0 fully saturated rings. The van der Waals surface area contributed by atoms with Crippen LogP contribution in [0, 0.1) is 0 Å². The van der Waals surface area contributed by atoms with Gasteiger partial charge in [-0.3, -0.25) is 0 Å². The van der Waals surface area contributed by atoms with Crippen LogP contribution in [-0.2, 0) is 18.8 Å². The second-order valence-corrected chi connectivity index (χ2v) is 2.56. The van der Waals surface area contributed by atoms with E-state index in [-0.39, 0.29) is 20.3 Å². The summed E-state index contributed by atoms with van der Waals surface area (Å²) >= 11 is 0. The summed E-state index contributed by atoms with van der Waals surface area (Å²) in [5.74, 6) is 0. The zero-order valence-electron chi connectivity index (χ0n) is 7.38. The van der Waals surface area contributed by atoms with Gasteiger partial charge < -0.3 is 1.43 Å². The quantitative estimate of drug-likeness (QED) is 0.493. The molecule has 0 saturated carbocycles.